The monoisotopic (exact) mass is 360 g/mol. The topological polar surface area (TPSA) is 61.2 Å². The first-order valence-electron chi connectivity index (χ1n) is 8.63. The third-order valence-electron chi connectivity index (χ3n) is 4.34. The van der Waals surface area contributed by atoms with E-state index >= 15 is 0 Å². The number of nitrogens with one attached hydrogen (secondary N) is 1. The van der Waals surface area contributed by atoms with Crippen LogP contribution in [0.4, 0.5) is 5.69 Å². The van der Waals surface area contributed by atoms with Crippen molar-refractivity contribution in [2.75, 3.05) is 19.5 Å². The smallest absolute Gasteiger partial charge is 0.119 e. The van der Waals surface area contributed by atoms with E-state index in [1.807, 2.05) is 66.7 Å². The molecule has 4 rings (SSSR count). The van der Waals surface area contributed by atoms with Crippen molar-refractivity contribution in [3.8, 4) is 17.2 Å². The zero-order valence-corrected chi connectivity index (χ0v) is 15.2. The number of aromatic nitrogens is 3. The van der Waals surface area contributed by atoms with Gasteiger partial charge < -0.3 is 14.8 Å². The van der Waals surface area contributed by atoms with Gasteiger partial charge in [0, 0.05) is 12.2 Å². The number of methoxy groups -OCH3 is 2. The molecule has 0 aliphatic carbocycles. The molecule has 136 valence electrons. The molecule has 1 aromatic heterocycles. The molecule has 0 amide bonds. The Kier molecular flexibility index (Phi) is 4.61. The van der Waals surface area contributed by atoms with Crippen LogP contribution in [0.5, 0.6) is 11.5 Å². The van der Waals surface area contributed by atoms with Crippen LogP contribution >= 0.6 is 0 Å². The van der Waals surface area contributed by atoms with E-state index < -0.39 is 0 Å². The number of anilines is 1. The van der Waals surface area contributed by atoms with Crippen molar-refractivity contribution in [3.63, 3.8) is 0 Å². The fourth-order valence-electron chi connectivity index (χ4n) is 2.80. The van der Waals surface area contributed by atoms with E-state index in [4.69, 9.17) is 9.47 Å². The predicted octanol–water partition coefficient (Wildman–Crippen LogP) is 4.05. The van der Waals surface area contributed by atoms with E-state index in [2.05, 4.69) is 15.5 Å². The minimum atomic E-state index is 0.724. The minimum Gasteiger partial charge on any atom is -0.497 e. The van der Waals surface area contributed by atoms with Crippen molar-refractivity contribution >= 4 is 16.7 Å². The number of rotatable bonds is 6. The third-order valence-corrected chi connectivity index (χ3v) is 4.34. The van der Waals surface area contributed by atoms with Crippen LogP contribution in [0.2, 0.25) is 0 Å². The zero-order chi connectivity index (χ0) is 18.6. The van der Waals surface area contributed by atoms with E-state index in [1.54, 1.807) is 19.0 Å². The average molecular weight is 360 g/mol. The molecule has 0 spiro atoms. The number of hydrogen-bond acceptors (Lipinski definition) is 5. The number of fused-ring (bicyclic) bond motifs is 1. The van der Waals surface area contributed by atoms with Crippen LogP contribution < -0.4 is 14.8 Å². The first kappa shape index (κ1) is 16.9. The van der Waals surface area contributed by atoms with Gasteiger partial charge in [0.15, 0.2) is 0 Å². The van der Waals surface area contributed by atoms with Crippen LogP contribution in [0.25, 0.3) is 16.7 Å². The van der Waals surface area contributed by atoms with Gasteiger partial charge >= 0.3 is 0 Å². The minimum absolute atomic E-state index is 0.724. The molecule has 0 aliphatic rings. The van der Waals surface area contributed by atoms with Crippen molar-refractivity contribution in [2.24, 2.45) is 0 Å². The second-order valence-electron chi connectivity index (χ2n) is 6.09. The van der Waals surface area contributed by atoms with Crippen molar-refractivity contribution in [2.45, 2.75) is 6.54 Å². The maximum absolute atomic E-state index is 5.19. The molecule has 4 aromatic rings. The van der Waals surface area contributed by atoms with Crippen molar-refractivity contribution in [1.82, 2.24) is 15.0 Å². The Bertz CT molecular complexity index is 1040. The normalized spacial score (nSPS) is 10.7. The van der Waals surface area contributed by atoms with Gasteiger partial charge in [-0.2, -0.15) is 4.80 Å². The Morgan fingerprint density at radius 3 is 2.07 bits per heavy atom. The summed E-state index contributed by atoms with van der Waals surface area (Å²) in [4.78, 5) is 1.64. The number of nitrogens with zero attached hydrogens (tertiary/aromatic N) is 3. The molecule has 1 N–H and O–H groups in total. The van der Waals surface area contributed by atoms with Crippen molar-refractivity contribution in [1.29, 1.82) is 0 Å². The maximum atomic E-state index is 5.19. The van der Waals surface area contributed by atoms with E-state index in [0.717, 1.165) is 40.5 Å². The van der Waals surface area contributed by atoms with Crippen LogP contribution in [0.15, 0.2) is 66.7 Å². The molecule has 1 heterocycles. The van der Waals surface area contributed by atoms with Crippen LogP contribution in [0.3, 0.4) is 0 Å². The lowest BCUT2D eigenvalue weighted by molar-refractivity contribution is 0.414. The lowest BCUT2D eigenvalue weighted by Gasteiger charge is -2.07. The summed E-state index contributed by atoms with van der Waals surface area (Å²) >= 11 is 0. The summed E-state index contributed by atoms with van der Waals surface area (Å²) in [7, 11) is 3.32. The summed E-state index contributed by atoms with van der Waals surface area (Å²) in [6, 6.07) is 21.6. The first-order chi connectivity index (χ1) is 13.2. The molecular formula is C21H20N4O2. The van der Waals surface area contributed by atoms with Crippen LogP contribution in [0, 0.1) is 0 Å². The maximum Gasteiger partial charge on any atom is 0.119 e. The van der Waals surface area contributed by atoms with Crippen LogP contribution in [-0.2, 0) is 6.54 Å². The summed E-state index contributed by atoms with van der Waals surface area (Å²) in [5.41, 5.74) is 4.75. The Balaban J connectivity index is 1.51. The number of hydrogen-bond donors (Lipinski definition) is 1. The average Bonchev–Trinajstić information content (AvgIpc) is 3.16. The molecule has 0 fully saturated rings. The molecule has 27 heavy (non-hydrogen) atoms. The quantitative estimate of drug-likeness (QED) is 0.562. The van der Waals surface area contributed by atoms with Gasteiger partial charge in [0.05, 0.1) is 19.9 Å². The third kappa shape index (κ3) is 3.69. The summed E-state index contributed by atoms with van der Waals surface area (Å²) in [5.74, 6) is 1.66. The molecule has 0 radical (unpaired) electrons. The summed E-state index contributed by atoms with van der Waals surface area (Å²) in [6.07, 6.45) is 0. The van der Waals surface area contributed by atoms with Crippen molar-refractivity contribution < 1.29 is 9.47 Å². The van der Waals surface area contributed by atoms with E-state index in [9.17, 15) is 0 Å². The molecule has 0 aliphatic heterocycles. The van der Waals surface area contributed by atoms with Gasteiger partial charge in [0.2, 0.25) is 0 Å². The highest BCUT2D eigenvalue weighted by Gasteiger charge is 2.06. The highest BCUT2D eigenvalue weighted by Crippen LogP contribution is 2.20. The highest BCUT2D eigenvalue weighted by atomic mass is 16.5. The van der Waals surface area contributed by atoms with Crippen LogP contribution in [-0.4, -0.2) is 29.2 Å². The lowest BCUT2D eigenvalue weighted by Crippen LogP contribution is -1.99. The molecule has 0 bridgehead atoms. The largest absolute Gasteiger partial charge is 0.497 e. The Morgan fingerprint density at radius 1 is 0.778 bits per heavy atom. The first-order valence-corrected chi connectivity index (χ1v) is 8.63. The van der Waals surface area contributed by atoms with E-state index in [-0.39, 0.29) is 0 Å². The van der Waals surface area contributed by atoms with Gasteiger partial charge in [-0.3, -0.25) is 0 Å². The van der Waals surface area contributed by atoms with Crippen molar-refractivity contribution in [3.05, 3.63) is 72.3 Å². The number of benzene rings is 3. The molecular weight excluding hydrogens is 340 g/mol. The second-order valence-corrected chi connectivity index (χ2v) is 6.09. The second kappa shape index (κ2) is 7.37. The zero-order valence-electron chi connectivity index (χ0n) is 15.2. The van der Waals surface area contributed by atoms with Gasteiger partial charge in [-0.15, -0.1) is 10.2 Å². The fourth-order valence-corrected chi connectivity index (χ4v) is 2.80. The molecule has 0 saturated heterocycles. The van der Waals surface area contributed by atoms with Gasteiger partial charge in [0.25, 0.3) is 0 Å². The predicted molar refractivity (Wildman–Crippen MR) is 106 cm³/mol. The molecule has 0 saturated carbocycles. The summed E-state index contributed by atoms with van der Waals surface area (Å²) < 4.78 is 10.4. The fraction of sp³-hybridized carbons (Fsp3) is 0.143. The van der Waals surface area contributed by atoms with Gasteiger partial charge in [-0.25, -0.2) is 0 Å². The van der Waals surface area contributed by atoms with Crippen LogP contribution in [0.1, 0.15) is 5.56 Å². The Hall–Kier alpha value is -3.54. The SMILES string of the molecule is COc1ccc(CNc2ccc3nn(-c4ccc(OC)cc4)nc3c2)cc1. The molecule has 6 nitrogen and oxygen atoms in total. The lowest BCUT2D eigenvalue weighted by atomic mass is 10.2. The van der Waals surface area contributed by atoms with E-state index in [0.29, 0.717) is 0 Å². The summed E-state index contributed by atoms with van der Waals surface area (Å²) in [5, 5.41) is 12.5. The van der Waals surface area contributed by atoms with Gasteiger partial charge in [-0.1, -0.05) is 12.1 Å². The van der Waals surface area contributed by atoms with E-state index in [1.165, 1.54) is 5.56 Å². The van der Waals surface area contributed by atoms with Gasteiger partial charge in [0.1, 0.15) is 22.5 Å². The molecule has 0 atom stereocenters. The number of ether oxygens (including phenoxy) is 2. The highest BCUT2D eigenvalue weighted by molar-refractivity contribution is 5.78. The molecule has 6 heteroatoms. The standard InChI is InChI=1S/C21H20N4O2/c1-26-18-8-3-15(4-9-18)14-22-16-5-12-20-21(13-16)24-25(23-20)17-6-10-19(27-2)11-7-17/h3-13,22H,14H2,1-2H3. The van der Waals surface area contributed by atoms with Gasteiger partial charge in [-0.05, 0) is 60.2 Å². The summed E-state index contributed by atoms with van der Waals surface area (Å²) in [6.45, 7) is 0.724. The molecule has 0 unspecified atom stereocenters. The Labute approximate surface area is 157 Å². The molecule has 3 aromatic carbocycles. The Morgan fingerprint density at radius 2 is 1.41 bits per heavy atom.